The zero-order chi connectivity index (χ0) is 14.0. The summed E-state index contributed by atoms with van der Waals surface area (Å²) in [5, 5.41) is 13.4. The van der Waals surface area contributed by atoms with E-state index in [1.807, 2.05) is 0 Å². The van der Waals surface area contributed by atoms with Crippen molar-refractivity contribution in [2.45, 2.75) is 6.92 Å². The maximum absolute atomic E-state index is 12.1. The fourth-order valence-corrected chi connectivity index (χ4v) is 1.72. The van der Waals surface area contributed by atoms with Crippen LogP contribution in [0.3, 0.4) is 0 Å². The number of nitro benzene ring substituents is 1. The van der Waals surface area contributed by atoms with Gasteiger partial charge in [-0.3, -0.25) is 20.2 Å². The van der Waals surface area contributed by atoms with E-state index in [1.54, 1.807) is 37.0 Å². The first kappa shape index (κ1) is 12.7. The standard InChI is InChI=1S/C12H12N4O3/c1-8-9(4-3-5-10(8)16(18)19)11(17)14-12-13-6-7-15(12)2/h3-7H,1-2H3,(H,13,14,17). The van der Waals surface area contributed by atoms with Crippen LogP contribution in [0.2, 0.25) is 0 Å². The zero-order valence-corrected chi connectivity index (χ0v) is 10.5. The Morgan fingerprint density at radius 3 is 2.79 bits per heavy atom. The smallest absolute Gasteiger partial charge is 0.273 e. The van der Waals surface area contributed by atoms with E-state index in [9.17, 15) is 14.9 Å². The first-order chi connectivity index (χ1) is 9.00. The van der Waals surface area contributed by atoms with Gasteiger partial charge < -0.3 is 4.57 Å². The summed E-state index contributed by atoms with van der Waals surface area (Å²) in [6, 6.07) is 4.39. The minimum Gasteiger partial charge on any atom is -0.320 e. The van der Waals surface area contributed by atoms with E-state index in [-0.39, 0.29) is 11.3 Å². The molecular formula is C12H12N4O3. The number of aryl methyl sites for hydroxylation is 1. The maximum atomic E-state index is 12.1. The molecule has 0 unspecified atom stereocenters. The molecule has 0 saturated heterocycles. The number of hydrogen-bond donors (Lipinski definition) is 1. The highest BCUT2D eigenvalue weighted by Crippen LogP contribution is 2.21. The van der Waals surface area contributed by atoms with Crippen LogP contribution >= 0.6 is 0 Å². The Balaban J connectivity index is 2.32. The summed E-state index contributed by atoms with van der Waals surface area (Å²) in [5.41, 5.74) is 0.517. The molecular weight excluding hydrogens is 248 g/mol. The Hall–Kier alpha value is -2.70. The lowest BCUT2D eigenvalue weighted by Gasteiger charge is -2.07. The Labute approximate surface area is 109 Å². The summed E-state index contributed by atoms with van der Waals surface area (Å²) in [6.45, 7) is 1.55. The second kappa shape index (κ2) is 4.89. The summed E-state index contributed by atoms with van der Waals surface area (Å²) in [4.78, 5) is 26.4. The molecule has 7 nitrogen and oxygen atoms in total. The number of rotatable bonds is 3. The number of hydrogen-bond acceptors (Lipinski definition) is 4. The van der Waals surface area contributed by atoms with Crippen LogP contribution in [0.5, 0.6) is 0 Å². The lowest BCUT2D eigenvalue weighted by molar-refractivity contribution is -0.385. The number of carbonyl (C=O) groups is 1. The van der Waals surface area contributed by atoms with E-state index < -0.39 is 10.8 Å². The third-order valence-electron chi connectivity index (χ3n) is 2.79. The predicted molar refractivity (Wildman–Crippen MR) is 69.0 cm³/mol. The van der Waals surface area contributed by atoms with Gasteiger partial charge in [0, 0.05) is 36.6 Å². The molecule has 0 spiro atoms. The molecule has 0 bridgehead atoms. The maximum Gasteiger partial charge on any atom is 0.273 e. The van der Waals surface area contributed by atoms with Crippen molar-refractivity contribution in [2.75, 3.05) is 5.32 Å². The molecule has 0 aliphatic carbocycles. The van der Waals surface area contributed by atoms with Crippen LogP contribution in [0.1, 0.15) is 15.9 Å². The van der Waals surface area contributed by atoms with Crippen LogP contribution in [-0.2, 0) is 7.05 Å². The summed E-state index contributed by atoms with van der Waals surface area (Å²) >= 11 is 0. The van der Waals surface area contributed by atoms with Gasteiger partial charge in [-0.05, 0) is 13.0 Å². The molecule has 0 radical (unpaired) electrons. The second-order valence-corrected chi connectivity index (χ2v) is 4.02. The van der Waals surface area contributed by atoms with E-state index in [2.05, 4.69) is 10.3 Å². The van der Waals surface area contributed by atoms with Gasteiger partial charge in [0.05, 0.1) is 4.92 Å². The zero-order valence-electron chi connectivity index (χ0n) is 10.5. The molecule has 19 heavy (non-hydrogen) atoms. The molecule has 98 valence electrons. The first-order valence-electron chi connectivity index (χ1n) is 5.53. The van der Waals surface area contributed by atoms with Crippen molar-refractivity contribution >= 4 is 17.5 Å². The summed E-state index contributed by atoms with van der Waals surface area (Å²) in [5.74, 6) is -0.0357. The molecule has 0 saturated carbocycles. The van der Waals surface area contributed by atoms with Gasteiger partial charge >= 0.3 is 0 Å². The predicted octanol–water partition coefficient (Wildman–Crippen LogP) is 1.89. The van der Waals surface area contributed by atoms with E-state index in [4.69, 9.17) is 0 Å². The average Bonchev–Trinajstić information content (AvgIpc) is 2.74. The van der Waals surface area contributed by atoms with Crippen LogP contribution in [0.4, 0.5) is 11.6 Å². The highest BCUT2D eigenvalue weighted by atomic mass is 16.6. The summed E-state index contributed by atoms with van der Waals surface area (Å²) in [6.07, 6.45) is 3.24. The first-order valence-corrected chi connectivity index (χ1v) is 5.53. The van der Waals surface area contributed by atoms with Crippen molar-refractivity contribution in [3.05, 3.63) is 51.8 Å². The van der Waals surface area contributed by atoms with Crippen molar-refractivity contribution in [1.29, 1.82) is 0 Å². The van der Waals surface area contributed by atoms with Gasteiger partial charge in [0.2, 0.25) is 5.95 Å². The molecule has 0 atom stereocenters. The van der Waals surface area contributed by atoms with Gasteiger partial charge in [-0.1, -0.05) is 6.07 Å². The number of aromatic nitrogens is 2. The number of nitrogens with zero attached hydrogens (tertiary/aromatic N) is 3. The van der Waals surface area contributed by atoms with E-state index in [0.29, 0.717) is 11.5 Å². The van der Waals surface area contributed by atoms with Crippen LogP contribution in [0, 0.1) is 17.0 Å². The van der Waals surface area contributed by atoms with Crippen molar-refractivity contribution in [3.8, 4) is 0 Å². The molecule has 1 N–H and O–H groups in total. The Bertz CT molecular complexity index is 648. The van der Waals surface area contributed by atoms with Crippen molar-refractivity contribution in [1.82, 2.24) is 9.55 Å². The van der Waals surface area contributed by atoms with Gasteiger partial charge in [-0.2, -0.15) is 0 Å². The number of carbonyl (C=O) groups excluding carboxylic acids is 1. The number of nitrogens with one attached hydrogen (secondary N) is 1. The van der Waals surface area contributed by atoms with Gasteiger partial charge in [0.25, 0.3) is 11.6 Å². The van der Waals surface area contributed by atoms with Crippen LogP contribution < -0.4 is 5.32 Å². The topological polar surface area (TPSA) is 90.1 Å². The highest BCUT2D eigenvalue weighted by Gasteiger charge is 2.18. The van der Waals surface area contributed by atoms with Crippen molar-refractivity contribution in [2.24, 2.45) is 7.05 Å². The van der Waals surface area contributed by atoms with E-state index in [1.165, 1.54) is 12.1 Å². The summed E-state index contributed by atoms with van der Waals surface area (Å²) in [7, 11) is 1.74. The summed E-state index contributed by atoms with van der Waals surface area (Å²) < 4.78 is 1.64. The normalized spacial score (nSPS) is 10.2. The molecule has 1 aromatic carbocycles. The Kier molecular flexibility index (Phi) is 3.28. The fraction of sp³-hybridized carbons (Fsp3) is 0.167. The number of nitro groups is 1. The molecule has 7 heteroatoms. The van der Waals surface area contributed by atoms with E-state index >= 15 is 0 Å². The molecule has 0 aliphatic heterocycles. The van der Waals surface area contributed by atoms with Gasteiger partial charge in [-0.25, -0.2) is 4.98 Å². The number of amides is 1. The quantitative estimate of drug-likeness (QED) is 0.674. The van der Waals surface area contributed by atoms with Gasteiger partial charge in [0.15, 0.2) is 0 Å². The minimum absolute atomic E-state index is 0.0764. The van der Waals surface area contributed by atoms with E-state index in [0.717, 1.165) is 0 Å². The van der Waals surface area contributed by atoms with Crippen molar-refractivity contribution < 1.29 is 9.72 Å². The van der Waals surface area contributed by atoms with Crippen LogP contribution in [0.25, 0.3) is 0 Å². The minimum atomic E-state index is -0.507. The largest absolute Gasteiger partial charge is 0.320 e. The lowest BCUT2D eigenvalue weighted by atomic mass is 10.1. The molecule has 1 heterocycles. The van der Waals surface area contributed by atoms with Gasteiger partial charge in [-0.15, -0.1) is 0 Å². The molecule has 2 rings (SSSR count). The lowest BCUT2D eigenvalue weighted by Crippen LogP contribution is -2.16. The van der Waals surface area contributed by atoms with Crippen LogP contribution in [-0.4, -0.2) is 20.4 Å². The SMILES string of the molecule is Cc1c(C(=O)Nc2nccn2C)cccc1[N+](=O)[O-]. The highest BCUT2D eigenvalue weighted by molar-refractivity contribution is 6.05. The number of benzene rings is 1. The van der Waals surface area contributed by atoms with Crippen molar-refractivity contribution in [3.63, 3.8) is 0 Å². The Morgan fingerprint density at radius 1 is 1.47 bits per heavy atom. The Morgan fingerprint density at radius 2 is 2.21 bits per heavy atom. The number of imidazole rings is 1. The third-order valence-corrected chi connectivity index (χ3v) is 2.79. The molecule has 1 amide bonds. The van der Waals surface area contributed by atoms with Gasteiger partial charge in [0.1, 0.15) is 0 Å². The van der Waals surface area contributed by atoms with Crippen LogP contribution in [0.15, 0.2) is 30.6 Å². The fourth-order valence-electron chi connectivity index (χ4n) is 1.72. The third kappa shape index (κ3) is 2.44. The molecule has 0 fully saturated rings. The molecule has 0 aliphatic rings. The molecule has 2 aromatic rings. The second-order valence-electron chi connectivity index (χ2n) is 4.02. The average molecular weight is 260 g/mol. The number of anilines is 1. The monoisotopic (exact) mass is 260 g/mol. The molecule has 1 aromatic heterocycles.